The molecule has 0 radical (unpaired) electrons. The Morgan fingerprint density at radius 2 is 1.69 bits per heavy atom. The number of β-amino-alcohol motifs (C(OH)–C–C–N with tert-alkyl or cyclic N) is 1. The van der Waals surface area contributed by atoms with Gasteiger partial charge in [-0.15, -0.1) is 0 Å². The molecular weight excluding hydrogens is 352 g/mol. The standard InChI is InChI=1S/C19H25ClN4O2/c20-14-1-3-15(4-2-14)24-9-7-23(8-10-24)12-16(25)13-26-17-5-6-18(21)19(22)11-17/h1-6,11,16,25H,7-10,12-13,21-22H2/t16-/m0/s1. The number of aliphatic hydroxyl groups excluding tert-OH is 1. The van der Waals surface area contributed by atoms with Crippen molar-refractivity contribution in [3.8, 4) is 5.75 Å². The van der Waals surface area contributed by atoms with Gasteiger partial charge in [0.2, 0.25) is 0 Å². The zero-order valence-electron chi connectivity index (χ0n) is 14.6. The summed E-state index contributed by atoms with van der Waals surface area (Å²) in [7, 11) is 0. The van der Waals surface area contributed by atoms with Gasteiger partial charge >= 0.3 is 0 Å². The van der Waals surface area contributed by atoms with Gasteiger partial charge in [0.05, 0.1) is 11.4 Å². The molecule has 0 amide bonds. The van der Waals surface area contributed by atoms with Crippen molar-refractivity contribution in [3.63, 3.8) is 0 Å². The third-order valence-electron chi connectivity index (χ3n) is 4.53. The molecule has 7 heteroatoms. The Hall–Kier alpha value is -2.15. The highest BCUT2D eigenvalue weighted by molar-refractivity contribution is 6.30. The van der Waals surface area contributed by atoms with Gasteiger partial charge in [0.1, 0.15) is 18.5 Å². The lowest BCUT2D eigenvalue weighted by Crippen LogP contribution is -2.49. The van der Waals surface area contributed by atoms with Gasteiger partial charge in [-0.05, 0) is 36.4 Å². The summed E-state index contributed by atoms with van der Waals surface area (Å²) in [6, 6.07) is 13.0. The van der Waals surface area contributed by atoms with Crippen LogP contribution in [0.4, 0.5) is 17.1 Å². The maximum atomic E-state index is 10.2. The molecule has 0 saturated carbocycles. The van der Waals surface area contributed by atoms with Crippen LogP contribution < -0.4 is 21.1 Å². The second kappa shape index (κ2) is 8.49. The van der Waals surface area contributed by atoms with E-state index in [9.17, 15) is 5.11 Å². The monoisotopic (exact) mass is 376 g/mol. The van der Waals surface area contributed by atoms with Gasteiger partial charge in [-0.2, -0.15) is 0 Å². The Balaban J connectivity index is 1.42. The molecule has 2 aromatic rings. The molecule has 0 aromatic heterocycles. The van der Waals surface area contributed by atoms with E-state index in [1.807, 2.05) is 24.3 Å². The molecule has 0 unspecified atom stereocenters. The molecule has 1 heterocycles. The first-order valence-electron chi connectivity index (χ1n) is 8.70. The zero-order chi connectivity index (χ0) is 18.5. The first-order chi connectivity index (χ1) is 12.5. The summed E-state index contributed by atoms with van der Waals surface area (Å²) in [5.41, 5.74) is 13.6. The van der Waals surface area contributed by atoms with Gasteiger partial charge in [0, 0.05) is 49.5 Å². The molecule has 1 saturated heterocycles. The van der Waals surface area contributed by atoms with Crippen molar-refractivity contribution in [2.75, 3.05) is 55.7 Å². The highest BCUT2D eigenvalue weighted by Crippen LogP contribution is 2.22. The highest BCUT2D eigenvalue weighted by Gasteiger charge is 2.19. The highest BCUT2D eigenvalue weighted by atomic mass is 35.5. The molecule has 0 bridgehead atoms. The number of aliphatic hydroxyl groups is 1. The smallest absolute Gasteiger partial charge is 0.121 e. The molecule has 0 spiro atoms. The van der Waals surface area contributed by atoms with Crippen LogP contribution in [0, 0.1) is 0 Å². The summed E-state index contributed by atoms with van der Waals surface area (Å²) in [6.07, 6.45) is -0.559. The maximum absolute atomic E-state index is 10.2. The van der Waals surface area contributed by atoms with Gasteiger partial charge < -0.3 is 26.2 Å². The number of nitrogens with two attached hydrogens (primary N) is 2. The average molecular weight is 377 g/mol. The Kier molecular flexibility index (Phi) is 6.08. The number of nitrogen functional groups attached to an aromatic ring is 2. The van der Waals surface area contributed by atoms with Gasteiger partial charge in [-0.1, -0.05) is 11.6 Å². The fourth-order valence-electron chi connectivity index (χ4n) is 3.03. The van der Waals surface area contributed by atoms with Gasteiger partial charge in [-0.3, -0.25) is 4.90 Å². The van der Waals surface area contributed by atoms with Crippen molar-refractivity contribution in [1.29, 1.82) is 0 Å². The minimum Gasteiger partial charge on any atom is -0.491 e. The third-order valence-corrected chi connectivity index (χ3v) is 4.79. The molecule has 0 aliphatic carbocycles. The Morgan fingerprint density at radius 1 is 1.00 bits per heavy atom. The van der Waals surface area contributed by atoms with Crippen molar-refractivity contribution >= 4 is 28.7 Å². The number of halogens is 1. The summed E-state index contributed by atoms with van der Waals surface area (Å²) in [4.78, 5) is 4.57. The predicted octanol–water partition coefficient (Wildman–Crippen LogP) is 2.07. The first kappa shape index (κ1) is 18.6. The molecule has 3 rings (SSSR count). The molecule has 140 valence electrons. The lowest BCUT2D eigenvalue weighted by molar-refractivity contribution is 0.0663. The molecule has 26 heavy (non-hydrogen) atoms. The van der Waals surface area contributed by atoms with Crippen LogP contribution in [0.15, 0.2) is 42.5 Å². The number of rotatable bonds is 6. The van der Waals surface area contributed by atoms with Crippen LogP contribution in [-0.2, 0) is 0 Å². The van der Waals surface area contributed by atoms with Crippen LogP contribution in [0.2, 0.25) is 5.02 Å². The maximum Gasteiger partial charge on any atom is 0.121 e. The van der Waals surface area contributed by atoms with Crippen LogP contribution in [0.3, 0.4) is 0 Å². The molecular formula is C19H25ClN4O2. The number of nitrogens with zero attached hydrogens (tertiary/aromatic N) is 2. The van der Waals surface area contributed by atoms with Crippen LogP contribution in [0.5, 0.6) is 5.75 Å². The van der Waals surface area contributed by atoms with Crippen molar-refractivity contribution in [2.45, 2.75) is 6.10 Å². The molecule has 5 N–H and O–H groups in total. The number of ether oxygens (including phenoxy) is 1. The van der Waals surface area contributed by atoms with Gasteiger partial charge in [0.15, 0.2) is 0 Å². The van der Waals surface area contributed by atoms with E-state index in [1.54, 1.807) is 18.2 Å². The van der Waals surface area contributed by atoms with E-state index in [0.29, 0.717) is 23.7 Å². The molecule has 1 atom stereocenters. The SMILES string of the molecule is Nc1ccc(OC[C@@H](O)CN2CCN(c3ccc(Cl)cc3)CC2)cc1N. The van der Waals surface area contributed by atoms with Crippen LogP contribution in [0.1, 0.15) is 0 Å². The first-order valence-corrected chi connectivity index (χ1v) is 9.08. The minimum absolute atomic E-state index is 0.223. The number of piperazine rings is 1. The molecule has 6 nitrogen and oxygen atoms in total. The van der Waals surface area contributed by atoms with Gasteiger partial charge in [0.25, 0.3) is 0 Å². The lowest BCUT2D eigenvalue weighted by Gasteiger charge is -2.36. The second-order valence-electron chi connectivity index (χ2n) is 6.52. The minimum atomic E-state index is -0.559. The molecule has 1 aliphatic heterocycles. The zero-order valence-corrected chi connectivity index (χ0v) is 15.4. The number of hydrogen-bond donors (Lipinski definition) is 3. The van der Waals surface area contributed by atoms with Crippen molar-refractivity contribution in [2.24, 2.45) is 0 Å². The van der Waals surface area contributed by atoms with Crippen molar-refractivity contribution in [1.82, 2.24) is 4.90 Å². The van der Waals surface area contributed by atoms with Gasteiger partial charge in [-0.25, -0.2) is 0 Å². The second-order valence-corrected chi connectivity index (χ2v) is 6.96. The Bertz CT molecular complexity index is 718. The van der Waals surface area contributed by atoms with E-state index < -0.39 is 6.10 Å². The van der Waals surface area contributed by atoms with E-state index in [-0.39, 0.29) is 6.61 Å². The molecule has 1 fully saturated rings. The molecule has 1 aliphatic rings. The Labute approximate surface area is 158 Å². The van der Waals surface area contributed by atoms with Crippen LogP contribution >= 0.6 is 11.6 Å². The lowest BCUT2D eigenvalue weighted by atomic mass is 10.2. The third kappa shape index (κ3) is 4.94. The van der Waals surface area contributed by atoms with E-state index in [2.05, 4.69) is 9.80 Å². The summed E-state index contributed by atoms with van der Waals surface area (Å²) < 4.78 is 5.61. The van der Waals surface area contributed by atoms with E-state index >= 15 is 0 Å². The molecule has 2 aromatic carbocycles. The Morgan fingerprint density at radius 3 is 2.35 bits per heavy atom. The summed E-state index contributed by atoms with van der Waals surface area (Å²) in [6.45, 7) is 4.44. The quantitative estimate of drug-likeness (QED) is 0.669. The largest absolute Gasteiger partial charge is 0.491 e. The van der Waals surface area contributed by atoms with Crippen LogP contribution in [0.25, 0.3) is 0 Å². The van der Waals surface area contributed by atoms with Crippen molar-refractivity contribution in [3.05, 3.63) is 47.5 Å². The number of anilines is 3. The normalized spacial score (nSPS) is 16.5. The summed E-state index contributed by atoms with van der Waals surface area (Å²) in [5, 5.41) is 11.0. The topological polar surface area (TPSA) is 88.0 Å². The predicted molar refractivity (Wildman–Crippen MR) is 107 cm³/mol. The van der Waals surface area contributed by atoms with E-state index in [4.69, 9.17) is 27.8 Å². The number of benzene rings is 2. The van der Waals surface area contributed by atoms with Crippen LogP contribution in [-0.4, -0.2) is 55.4 Å². The summed E-state index contributed by atoms with van der Waals surface area (Å²) >= 11 is 5.94. The van der Waals surface area contributed by atoms with E-state index in [0.717, 1.165) is 31.2 Å². The van der Waals surface area contributed by atoms with Crippen molar-refractivity contribution < 1.29 is 9.84 Å². The number of hydrogen-bond acceptors (Lipinski definition) is 6. The fraction of sp³-hybridized carbons (Fsp3) is 0.368. The fourth-order valence-corrected chi connectivity index (χ4v) is 3.15. The summed E-state index contributed by atoms with van der Waals surface area (Å²) in [5.74, 6) is 0.614. The average Bonchev–Trinajstić information content (AvgIpc) is 2.64. The van der Waals surface area contributed by atoms with E-state index in [1.165, 1.54) is 5.69 Å².